The average Bonchev–Trinajstić information content (AvgIpc) is 2.45. The number of aromatic nitrogens is 3. The molecule has 2 aromatic rings. The van der Waals surface area contributed by atoms with Gasteiger partial charge in [-0.3, -0.25) is 0 Å². The summed E-state index contributed by atoms with van der Waals surface area (Å²) in [4.78, 5) is 8.39. The minimum Gasteiger partial charge on any atom is -0.331 e. The van der Waals surface area contributed by atoms with E-state index in [9.17, 15) is 0 Å². The Bertz CT molecular complexity index is 473. The molecule has 2 radical (unpaired) electrons. The quantitative estimate of drug-likeness (QED) is 0.623. The second-order valence-corrected chi connectivity index (χ2v) is 3.74. The minimum atomic E-state index is 0.365. The zero-order valence-corrected chi connectivity index (χ0v) is 8.65. The van der Waals surface area contributed by atoms with Crippen molar-refractivity contribution in [2.75, 3.05) is 0 Å². The highest BCUT2D eigenvalue weighted by atomic mass is 15.1. The molecule has 0 aromatic carbocycles. The van der Waals surface area contributed by atoms with Crippen molar-refractivity contribution in [2.24, 2.45) is 0 Å². The van der Waals surface area contributed by atoms with Crippen molar-refractivity contribution in [3.05, 3.63) is 18.2 Å². The molecular formula is C10H12BN3. The molecule has 2 rings (SSSR count). The Kier molecular flexibility index (Phi) is 2.06. The van der Waals surface area contributed by atoms with E-state index in [1.54, 1.807) is 6.33 Å². The van der Waals surface area contributed by atoms with Crippen LogP contribution in [0.2, 0.25) is 0 Å². The fourth-order valence-electron chi connectivity index (χ4n) is 1.66. The summed E-state index contributed by atoms with van der Waals surface area (Å²) in [5, 5.41) is 0.973. The predicted molar refractivity (Wildman–Crippen MR) is 58.0 cm³/mol. The lowest BCUT2D eigenvalue weighted by molar-refractivity contribution is 0.618. The average molecular weight is 185 g/mol. The van der Waals surface area contributed by atoms with Crippen LogP contribution >= 0.6 is 0 Å². The molecule has 0 saturated carbocycles. The molecule has 0 saturated heterocycles. The molecule has 0 atom stereocenters. The largest absolute Gasteiger partial charge is 0.331 e. The number of hydrogen-bond acceptors (Lipinski definition) is 2. The first-order valence-electron chi connectivity index (χ1n) is 4.69. The second-order valence-electron chi connectivity index (χ2n) is 3.74. The molecule has 0 bridgehead atoms. The summed E-state index contributed by atoms with van der Waals surface area (Å²) in [6.07, 6.45) is 3.51. The van der Waals surface area contributed by atoms with Gasteiger partial charge in [0.25, 0.3) is 0 Å². The number of nitrogens with zero attached hydrogens (tertiary/aromatic N) is 3. The molecule has 4 heteroatoms. The molecule has 0 spiro atoms. The van der Waals surface area contributed by atoms with Crippen LogP contribution in [0.3, 0.4) is 0 Å². The van der Waals surface area contributed by atoms with Crippen LogP contribution in [0, 0.1) is 6.92 Å². The number of aryl methyl sites for hydroxylation is 1. The molecule has 0 aliphatic heterocycles. The van der Waals surface area contributed by atoms with Crippen LogP contribution in [0.25, 0.3) is 11.0 Å². The Hall–Kier alpha value is -1.32. The van der Waals surface area contributed by atoms with Crippen molar-refractivity contribution in [3.8, 4) is 0 Å². The number of rotatable bonds is 1. The summed E-state index contributed by atoms with van der Waals surface area (Å²) in [5.74, 6) is 0. The molecule has 0 amide bonds. The first-order chi connectivity index (χ1) is 6.61. The highest BCUT2D eigenvalue weighted by Gasteiger charge is 2.10. The van der Waals surface area contributed by atoms with Crippen molar-refractivity contribution in [3.63, 3.8) is 0 Å². The van der Waals surface area contributed by atoms with E-state index in [0.29, 0.717) is 6.04 Å². The Balaban J connectivity index is 2.84. The minimum absolute atomic E-state index is 0.365. The van der Waals surface area contributed by atoms with Gasteiger partial charge in [0.1, 0.15) is 19.8 Å². The second kappa shape index (κ2) is 3.12. The number of hydrogen-bond donors (Lipinski definition) is 0. The van der Waals surface area contributed by atoms with Crippen LogP contribution in [0.5, 0.6) is 0 Å². The summed E-state index contributed by atoms with van der Waals surface area (Å²) in [6.45, 7) is 6.16. The van der Waals surface area contributed by atoms with Gasteiger partial charge in [0.05, 0.1) is 0 Å². The molecular weight excluding hydrogens is 173 g/mol. The first kappa shape index (κ1) is 9.25. The summed E-state index contributed by atoms with van der Waals surface area (Å²) >= 11 is 0. The molecule has 2 heterocycles. The highest BCUT2D eigenvalue weighted by molar-refractivity contribution is 6.39. The van der Waals surface area contributed by atoms with E-state index in [1.807, 2.05) is 13.1 Å². The normalized spacial score (nSPS) is 11.4. The van der Waals surface area contributed by atoms with Crippen LogP contribution in [0.1, 0.15) is 25.6 Å². The molecule has 0 aliphatic carbocycles. The SMILES string of the molecule is [B]c1cn(C(C)C)c2ncnc(C)c12. The topological polar surface area (TPSA) is 30.7 Å². The van der Waals surface area contributed by atoms with E-state index < -0.39 is 0 Å². The fraction of sp³-hybridized carbons (Fsp3) is 0.400. The van der Waals surface area contributed by atoms with Crippen molar-refractivity contribution < 1.29 is 0 Å². The Morgan fingerprint density at radius 2 is 2.07 bits per heavy atom. The summed E-state index contributed by atoms with van der Waals surface area (Å²) in [6, 6.07) is 0.365. The Labute approximate surface area is 84.6 Å². The van der Waals surface area contributed by atoms with E-state index in [0.717, 1.165) is 22.2 Å². The van der Waals surface area contributed by atoms with Crippen molar-refractivity contribution >= 4 is 24.3 Å². The lowest BCUT2D eigenvalue weighted by Gasteiger charge is -2.07. The van der Waals surface area contributed by atoms with Gasteiger partial charge >= 0.3 is 0 Å². The van der Waals surface area contributed by atoms with Gasteiger partial charge in [-0.2, -0.15) is 0 Å². The third kappa shape index (κ3) is 1.22. The molecule has 0 N–H and O–H groups in total. The van der Waals surface area contributed by atoms with Crippen LogP contribution in [-0.2, 0) is 0 Å². The van der Waals surface area contributed by atoms with Crippen molar-refractivity contribution in [1.82, 2.24) is 14.5 Å². The van der Waals surface area contributed by atoms with Gasteiger partial charge in [-0.15, -0.1) is 0 Å². The fourth-order valence-corrected chi connectivity index (χ4v) is 1.66. The third-order valence-corrected chi connectivity index (χ3v) is 2.38. The van der Waals surface area contributed by atoms with E-state index in [-0.39, 0.29) is 0 Å². The number of fused-ring (bicyclic) bond motifs is 1. The Morgan fingerprint density at radius 1 is 1.36 bits per heavy atom. The predicted octanol–water partition coefficient (Wildman–Crippen LogP) is 1.11. The van der Waals surface area contributed by atoms with E-state index in [2.05, 4.69) is 28.4 Å². The molecule has 14 heavy (non-hydrogen) atoms. The monoisotopic (exact) mass is 185 g/mol. The van der Waals surface area contributed by atoms with Crippen LogP contribution < -0.4 is 5.46 Å². The smallest absolute Gasteiger partial charge is 0.143 e. The third-order valence-electron chi connectivity index (χ3n) is 2.38. The molecule has 0 unspecified atom stereocenters. The first-order valence-corrected chi connectivity index (χ1v) is 4.69. The van der Waals surface area contributed by atoms with Gasteiger partial charge in [-0.1, -0.05) is 5.46 Å². The van der Waals surface area contributed by atoms with Crippen LogP contribution in [0.15, 0.2) is 12.5 Å². The van der Waals surface area contributed by atoms with Gasteiger partial charge in [0, 0.05) is 17.1 Å². The lowest BCUT2D eigenvalue weighted by atomic mass is 9.96. The van der Waals surface area contributed by atoms with Gasteiger partial charge in [0.15, 0.2) is 0 Å². The maximum Gasteiger partial charge on any atom is 0.143 e. The van der Waals surface area contributed by atoms with Gasteiger partial charge in [0.2, 0.25) is 0 Å². The van der Waals surface area contributed by atoms with Crippen LogP contribution in [0.4, 0.5) is 0 Å². The van der Waals surface area contributed by atoms with E-state index in [4.69, 9.17) is 7.85 Å². The Morgan fingerprint density at radius 3 is 2.71 bits per heavy atom. The molecule has 0 fully saturated rings. The van der Waals surface area contributed by atoms with Crippen molar-refractivity contribution in [1.29, 1.82) is 0 Å². The van der Waals surface area contributed by atoms with Gasteiger partial charge in [-0.25, -0.2) is 9.97 Å². The molecule has 3 nitrogen and oxygen atoms in total. The van der Waals surface area contributed by atoms with Crippen LogP contribution in [-0.4, -0.2) is 22.4 Å². The maximum atomic E-state index is 5.91. The van der Waals surface area contributed by atoms with Gasteiger partial charge < -0.3 is 4.57 Å². The lowest BCUT2D eigenvalue weighted by Crippen LogP contribution is -2.02. The molecule has 70 valence electrons. The zero-order valence-electron chi connectivity index (χ0n) is 8.65. The maximum absolute atomic E-state index is 5.91. The summed E-state index contributed by atoms with van der Waals surface area (Å²) in [5.41, 5.74) is 2.61. The molecule has 0 aliphatic rings. The van der Waals surface area contributed by atoms with Gasteiger partial charge in [-0.05, 0) is 27.0 Å². The summed E-state index contributed by atoms with van der Waals surface area (Å²) < 4.78 is 2.07. The highest BCUT2D eigenvalue weighted by Crippen LogP contribution is 2.16. The standard InChI is InChI=1S/C10H12BN3/c1-6(2)14-4-8(11)9-7(3)12-5-13-10(9)14/h4-6H,1-3H3. The van der Waals surface area contributed by atoms with E-state index >= 15 is 0 Å². The zero-order chi connectivity index (χ0) is 10.3. The summed E-state index contributed by atoms with van der Waals surface area (Å²) in [7, 11) is 5.91. The molecule has 2 aromatic heterocycles. The van der Waals surface area contributed by atoms with E-state index in [1.165, 1.54) is 0 Å². The van der Waals surface area contributed by atoms with Crippen molar-refractivity contribution in [2.45, 2.75) is 26.8 Å².